The van der Waals surface area contributed by atoms with Crippen LogP contribution in [0.1, 0.15) is 41.6 Å². The molecule has 0 saturated carbocycles. The molecule has 7 heteroatoms. The van der Waals surface area contributed by atoms with Crippen molar-refractivity contribution in [1.82, 2.24) is 14.8 Å². The molecule has 124 valence electrons. The van der Waals surface area contributed by atoms with Crippen molar-refractivity contribution < 1.29 is 9.59 Å². The fourth-order valence-corrected chi connectivity index (χ4v) is 2.87. The van der Waals surface area contributed by atoms with Crippen molar-refractivity contribution in [3.05, 3.63) is 10.6 Å². The molecule has 1 heterocycles. The van der Waals surface area contributed by atoms with Crippen LogP contribution in [0.2, 0.25) is 0 Å². The third-order valence-corrected chi connectivity index (χ3v) is 4.32. The first-order valence-corrected chi connectivity index (χ1v) is 8.34. The van der Waals surface area contributed by atoms with Crippen LogP contribution in [0.25, 0.3) is 0 Å². The van der Waals surface area contributed by atoms with Gasteiger partial charge in [0.15, 0.2) is 5.13 Å². The van der Waals surface area contributed by atoms with Crippen LogP contribution in [0.15, 0.2) is 0 Å². The van der Waals surface area contributed by atoms with Gasteiger partial charge >= 0.3 is 0 Å². The van der Waals surface area contributed by atoms with Gasteiger partial charge in [-0.15, -0.1) is 0 Å². The summed E-state index contributed by atoms with van der Waals surface area (Å²) in [6.07, 6.45) is 2.72. The molecule has 2 amide bonds. The highest BCUT2D eigenvalue weighted by atomic mass is 32.1. The molecule has 0 aliphatic rings. The summed E-state index contributed by atoms with van der Waals surface area (Å²) >= 11 is 1.22. The molecule has 0 unspecified atom stereocenters. The minimum Gasteiger partial charge on any atom is -0.344 e. The molecule has 0 aliphatic carbocycles. The van der Waals surface area contributed by atoms with Gasteiger partial charge in [-0.3, -0.25) is 9.59 Å². The maximum atomic E-state index is 12.0. The molecule has 22 heavy (non-hydrogen) atoms. The second-order valence-electron chi connectivity index (χ2n) is 5.59. The average Bonchev–Trinajstić information content (AvgIpc) is 2.82. The first kappa shape index (κ1) is 18.6. The molecule has 0 aliphatic heterocycles. The first-order chi connectivity index (χ1) is 10.3. The average molecular weight is 326 g/mol. The number of hydrogen-bond donors (Lipinski definition) is 1. The van der Waals surface area contributed by atoms with Crippen LogP contribution in [0, 0.1) is 6.92 Å². The fourth-order valence-electron chi connectivity index (χ4n) is 1.87. The van der Waals surface area contributed by atoms with Gasteiger partial charge in [0, 0.05) is 27.1 Å². The number of hydrogen-bond acceptors (Lipinski definition) is 5. The van der Waals surface area contributed by atoms with Gasteiger partial charge < -0.3 is 15.1 Å². The van der Waals surface area contributed by atoms with Gasteiger partial charge in [-0.1, -0.05) is 24.7 Å². The van der Waals surface area contributed by atoms with Gasteiger partial charge in [-0.25, -0.2) is 4.98 Å². The van der Waals surface area contributed by atoms with Crippen molar-refractivity contribution in [2.75, 3.05) is 39.5 Å². The van der Waals surface area contributed by atoms with Crippen molar-refractivity contribution in [3.8, 4) is 0 Å². The number of anilines is 1. The summed E-state index contributed by atoms with van der Waals surface area (Å²) in [5, 5.41) is 3.27. The second-order valence-corrected chi connectivity index (χ2v) is 6.59. The van der Waals surface area contributed by atoms with Crippen LogP contribution in [-0.4, -0.2) is 60.8 Å². The van der Waals surface area contributed by atoms with Gasteiger partial charge in [-0.05, 0) is 26.9 Å². The Balaban J connectivity index is 2.52. The fraction of sp³-hybridized carbons (Fsp3) is 0.667. The zero-order chi connectivity index (χ0) is 16.7. The molecular weight excluding hydrogens is 300 g/mol. The highest BCUT2D eigenvalue weighted by molar-refractivity contribution is 7.17. The van der Waals surface area contributed by atoms with E-state index in [-0.39, 0.29) is 11.8 Å². The standard InChI is InChI=1S/C15H26N4O2S/c1-6-7-9-19(5)10-8-12(20)17-15-16-11(2)13(22-15)14(21)18(3)4/h6-10H2,1-5H3,(H,16,17,20). The molecule has 1 aromatic rings. The highest BCUT2D eigenvalue weighted by Crippen LogP contribution is 2.23. The van der Waals surface area contributed by atoms with Crippen molar-refractivity contribution in [1.29, 1.82) is 0 Å². The van der Waals surface area contributed by atoms with Crippen LogP contribution in [0.4, 0.5) is 5.13 Å². The monoisotopic (exact) mass is 326 g/mol. The number of nitrogens with zero attached hydrogens (tertiary/aromatic N) is 3. The SMILES string of the molecule is CCCCN(C)CCC(=O)Nc1nc(C)c(C(=O)N(C)C)s1. The van der Waals surface area contributed by atoms with Crippen molar-refractivity contribution >= 4 is 28.3 Å². The van der Waals surface area contributed by atoms with E-state index in [1.807, 2.05) is 7.05 Å². The van der Waals surface area contributed by atoms with Crippen molar-refractivity contribution in [2.24, 2.45) is 0 Å². The van der Waals surface area contributed by atoms with Crippen LogP contribution >= 0.6 is 11.3 Å². The Hall–Kier alpha value is -1.47. The zero-order valence-corrected chi connectivity index (χ0v) is 14.9. The summed E-state index contributed by atoms with van der Waals surface area (Å²) in [4.78, 5) is 32.4. The molecule has 1 N–H and O–H groups in total. The molecule has 0 atom stereocenters. The summed E-state index contributed by atoms with van der Waals surface area (Å²) in [6.45, 7) is 5.65. The highest BCUT2D eigenvalue weighted by Gasteiger charge is 2.17. The number of amides is 2. The smallest absolute Gasteiger partial charge is 0.265 e. The minimum atomic E-state index is -0.0882. The Labute approximate surface area is 136 Å². The zero-order valence-electron chi connectivity index (χ0n) is 14.1. The summed E-state index contributed by atoms with van der Waals surface area (Å²) in [7, 11) is 5.42. The van der Waals surface area contributed by atoms with Crippen LogP contribution < -0.4 is 5.32 Å². The number of nitrogens with one attached hydrogen (secondary N) is 1. The Kier molecular flexibility index (Phi) is 7.47. The number of unbranched alkanes of at least 4 members (excludes halogenated alkanes) is 1. The summed E-state index contributed by atoms with van der Waals surface area (Å²) in [5.41, 5.74) is 0.652. The van der Waals surface area contributed by atoms with Crippen molar-refractivity contribution in [3.63, 3.8) is 0 Å². The maximum absolute atomic E-state index is 12.0. The molecule has 0 aromatic carbocycles. The Morgan fingerprint density at radius 1 is 1.23 bits per heavy atom. The Morgan fingerprint density at radius 3 is 2.50 bits per heavy atom. The van der Waals surface area contributed by atoms with Crippen LogP contribution in [0.3, 0.4) is 0 Å². The van der Waals surface area contributed by atoms with Gasteiger partial charge in [0.05, 0.1) is 5.69 Å². The number of aromatic nitrogens is 1. The normalized spacial score (nSPS) is 10.8. The summed E-state index contributed by atoms with van der Waals surface area (Å²) in [6, 6.07) is 0. The maximum Gasteiger partial charge on any atom is 0.265 e. The number of carbonyl (C=O) groups is 2. The first-order valence-electron chi connectivity index (χ1n) is 7.52. The number of aryl methyl sites for hydroxylation is 1. The lowest BCUT2D eigenvalue weighted by atomic mass is 10.3. The topological polar surface area (TPSA) is 65.5 Å². The van der Waals surface area contributed by atoms with E-state index in [4.69, 9.17) is 0 Å². The van der Waals surface area contributed by atoms with Gasteiger partial charge in [-0.2, -0.15) is 0 Å². The van der Waals surface area contributed by atoms with Crippen molar-refractivity contribution in [2.45, 2.75) is 33.1 Å². The number of thiazole rings is 1. The molecule has 6 nitrogen and oxygen atoms in total. The van der Waals surface area contributed by atoms with E-state index in [2.05, 4.69) is 22.1 Å². The second kappa shape index (κ2) is 8.85. The van der Waals surface area contributed by atoms with E-state index < -0.39 is 0 Å². The van der Waals surface area contributed by atoms with E-state index in [1.54, 1.807) is 21.0 Å². The summed E-state index contributed by atoms with van der Waals surface area (Å²) < 4.78 is 0. The number of carbonyl (C=O) groups excluding carboxylic acids is 2. The minimum absolute atomic E-state index is 0.0686. The molecule has 0 radical (unpaired) electrons. The molecule has 1 aromatic heterocycles. The lowest BCUT2D eigenvalue weighted by Crippen LogP contribution is -2.25. The molecule has 0 fully saturated rings. The lowest BCUT2D eigenvalue weighted by Gasteiger charge is -2.15. The van der Waals surface area contributed by atoms with E-state index in [9.17, 15) is 9.59 Å². The van der Waals surface area contributed by atoms with Crippen LogP contribution in [-0.2, 0) is 4.79 Å². The summed E-state index contributed by atoms with van der Waals surface area (Å²) in [5.74, 6) is -0.157. The third-order valence-electron chi connectivity index (χ3n) is 3.26. The van der Waals surface area contributed by atoms with Gasteiger partial charge in [0.1, 0.15) is 4.88 Å². The molecule has 1 rings (SSSR count). The number of rotatable bonds is 8. The van der Waals surface area contributed by atoms with E-state index in [0.717, 1.165) is 25.9 Å². The molecule has 0 saturated heterocycles. The predicted molar refractivity (Wildman–Crippen MR) is 90.5 cm³/mol. The predicted octanol–water partition coefficient (Wildman–Crippen LogP) is 2.21. The van der Waals surface area contributed by atoms with E-state index in [0.29, 0.717) is 22.1 Å². The Bertz CT molecular complexity index is 514. The third kappa shape index (κ3) is 5.73. The van der Waals surface area contributed by atoms with Gasteiger partial charge in [0.25, 0.3) is 5.91 Å². The van der Waals surface area contributed by atoms with E-state index in [1.165, 1.54) is 16.2 Å². The largest absolute Gasteiger partial charge is 0.344 e. The quantitative estimate of drug-likeness (QED) is 0.795. The molecule has 0 bridgehead atoms. The van der Waals surface area contributed by atoms with Crippen LogP contribution in [0.5, 0.6) is 0 Å². The van der Waals surface area contributed by atoms with E-state index >= 15 is 0 Å². The Morgan fingerprint density at radius 2 is 1.91 bits per heavy atom. The molecular formula is C15H26N4O2S. The lowest BCUT2D eigenvalue weighted by molar-refractivity contribution is -0.116. The molecule has 0 spiro atoms. The van der Waals surface area contributed by atoms with Gasteiger partial charge in [0.2, 0.25) is 5.91 Å².